The third-order valence-corrected chi connectivity index (χ3v) is 5.79. The van der Waals surface area contributed by atoms with Crippen molar-refractivity contribution < 1.29 is 23.8 Å². The van der Waals surface area contributed by atoms with Crippen LogP contribution < -0.4 is 4.74 Å². The lowest BCUT2D eigenvalue weighted by atomic mass is 9.84. The Kier molecular flexibility index (Phi) is 7.05. The highest BCUT2D eigenvalue weighted by Gasteiger charge is 2.38. The minimum atomic E-state index is -0.416. The molecular weight excluding hydrogens is 396 g/mol. The van der Waals surface area contributed by atoms with Gasteiger partial charge >= 0.3 is 12.1 Å². The Morgan fingerprint density at radius 2 is 1.71 bits per heavy atom. The Balaban J connectivity index is 1.69. The van der Waals surface area contributed by atoms with Gasteiger partial charge in [-0.05, 0) is 28.3 Å². The first kappa shape index (κ1) is 22.9. The lowest BCUT2D eigenvalue weighted by Gasteiger charge is -2.46. The summed E-state index contributed by atoms with van der Waals surface area (Å²) in [5.41, 5.74) is 0.341. The van der Waals surface area contributed by atoms with Gasteiger partial charge in [-0.2, -0.15) is 0 Å². The van der Waals surface area contributed by atoms with E-state index in [1.807, 2.05) is 35.2 Å². The first-order valence-corrected chi connectivity index (χ1v) is 10.6. The second-order valence-corrected chi connectivity index (χ2v) is 8.88. The summed E-state index contributed by atoms with van der Waals surface area (Å²) >= 11 is 0. The van der Waals surface area contributed by atoms with E-state index in [1.165, 1.54) is 14.2 Å². The van der Waals surface area contributed by atoms with Gasteiger partial charge in [-0.3, -0.25) is 4.90 Å². The fourth-order valence-electron chi connectivity index (χ4n) is 4.01. The van der Waals surface area contributed by atoms with Crippen molar-refractivity contribution in [1.29, 1.82) is 0 Å². The van der Waals surface area contributed by atoms with E-state index >= 15 is 0 Å². The van der Waals surface area contributed by atoms with Gasteiger partial charge in [0.05, 0.1) is 20.3 Å². The van der Waals surface area contributed by atoms with E-state index in [0.717, 1.165) is 23.9 Å². The molecule has 0 N–H and O–H groups in total. The molecule has 1 unspecified atom stereocenters. The molecule has 7 heteroatoms. The fourth-order valence-corrected chi connectivity index (χ4v) is 4.01. The number of esters is 1. The van der Waals surface area contributed by atoms with Gasteiger partial charge in [0.1, 0.15) is 17.9 Å². The topological polar surface area (TPSA) is 68.3 Å². The Morgan fingerprint density at radius 3 is 2.32 bits per heavy atom. The molecule has 0 bridgehead atoms. The molecule has 0 saturated carbocycles. The first-order valence-electron chi connectivity index (χ1n) is 10.6. The van der Waals surface area contributed by atoms with Crippen molar-refractivity contribution in [2.24, 2.45) is 5.41 Å². The van der Waals surface area contributed by atoms with Crippen molar-refractivity contribution in [2.75, 3.05) is 47.0 Å². The third-order valence-electron chi connectivity index (χ3n) is 5.79. The SMILES string of the molecule is COC(=O)c1cc2ccccc2cc1OCCN1CCN(C(=O)OC)C(C(C)(C)C)C1. The normalized spacial score (nSPS) is 17.5. The number of rotatable bonds is 5. The van der Waals surface area contributed by atoms with Gasteiger partial charge in [-0.1, -0.05) is 45.0 Å². The lowest BCUT2D eigenvalue weighted by molar-refractivity contribution is 0.0118. The number of nitrogens with zero attached hydrogens (tertiary/aromatic N) is 2. The molecule has 0 radical (unpaired) electrons. The average Bonchev–Trinajstić information content (AvgIpc) is 2.76. The highest BCUT2D eigenvalue weighted by atomic mass is 16.5. The molecule has 1 amide bonds. The Morgan fingerprint density at radius 1 is 1.03 bits per heavy atom. The van der Waals surface area contributed by atoms with Crippen LogP contribution in [-0.2, 0) is 9.47 Å². The number of hydrogen-bond acceptors (Lipinski definition) is 6. The lowest BCUT2D eigenvalue weighted by Crippen LogP contribution is -2.60. The van der Waals surface area contributed by atoms with Crippen LogP contribution in [0.4, 0.5) is 4.79 Å². The molecule has 0 aliphatic carbocycles. The van der Waals surface area contributed by atoms with E-state index in [4.69, 9.17) is 14.2 Å². The van der Waals surface area contributed by atoms with Crippen LogP contribution in [0.1, 0.15) is 31.1 Å². The van der Waals surface area contributed by atoms with Crippen LogP contribution in [0.3, 0.4) is 0 Å². The van der Waals surface area contributed by atoms with E-state index in [-0.39, 0.29) is 17.6 Å². The fraction of sp³-hybridized carbons (Fsp3) is 0.500. The number of ether oxygens (including phenoxy) is 3. The monoisotopic (exact) mass is 428 g/mol. The van der Waals surface area contributed by atoms with E-state index < -0.39 is 5.97 Å². The molecule has 0 aromatic heterocycles. The number of piperazine rings is 1. The zero-order valence-corrected chi connectivity index (χ0v) is 19.0. The number of carbonyl (C=O) groups excluding carboxylic acids is 2. The van der Waals surface area contributed by atoms with Gasteiger partial charge in [-0.25, -0.2) is 9.59 Å². The molecule has 1 aliphatic rings. The quantitative estimate of drug-likeness (QED) is 0.675. The van der Waals surface area contributed by atoms with Crippen molar-refractivity contribution in [3.63, 3.8) is 0 Å². The number of hydrogen-bond donors (Lipinski definition) is 0. The molecule has 1 saturated heterocycles. The highest BCUT2D eigenvalue weighted by Crippen LogP contribution is 2.29. The summed E-state index contributed by atoms with van der Waals surface area (Å²) in [5.74, 6) is 0.103. The Hall–Kier alpha value is -2.80. The molecule has 3 rings (SSSR count). The standard InChI is InChI=1S/C24H32N2O5/c1-24(2,3)21-16-25(10-11-26(21)23(28)30-5)12-13-31-20-15-18-9-7-6-8-17(18)14-19(20)22(27)29-4/h6-9,14-15,21H,10-13,16H2,1-5H3. The highest BCUT2D eigenvalue weighted by molar-refractivity contribution is 5.98. The predicted molar refractivity (Wildman–Crippen MR) is 120 cm³/mol. The summed E-state index contributed by atoms with van der Waals surface area (Å²) in [6.07, 6.45) is -0.283. The van der Waals surface area contributed by atoms with Gasteiger partial charge in [-0.15, -0.1) is 0 Å². The predicted octanol–water partition coefficient (Wildman–Crippen LogP) is 3.80. The maximum atomic E-state index is 12.3. The van der Waals surface area contributed by atoms with Crippen LogP contribution in [0, 0.1) is 5.41 Å². The molecule has 1 fully saturated rings. The summed E-state index contributed by atoms with van der Waals surface area (Å²) in [6.45, 7) is 9.60. The van der Waals surface area contributed by atoms with Gasteiger partial charge in [0.2, 0.25) is 0 Å². The number of fused-ring (bicyclic) bond motifs is 1. The molecule has 2 aromatic carbocycles. The summed E-state index contributed by atoms with van der Waals surface area (Å²) in [7, 11) is 2.79. The smallest absolute Gasteiger partial charge is 0.409 e. The van der Waals surface area contributed by atoms with E-state index in [1.54, 1.807) is 6.07 Å². The van der Waals surface area contributed by atoms with Gasteiger partial charge in [0.15, 0.2) is 0 Å². The van der Waals surface area contributed by atoms with Crippen LogP contribution in [-0.4, -0.2) is 74.9 Å². The maximum Gasteiger partial charge on any atom is 0.409 e. The summed E-state index contributed by atoms with van der Waals surface area (Å²) in [5, 5.41) is 1.96. The second-order valence-electron chi connectivity index (χ2n) is 8.88. The van der Waals surface area contributed by atoms with Crippen LogP contribution >= 0.6 is 0 Å². The second kappa shape index (κ2) is 9.56. The summed E-state index contributed by atoms with van der Waals surface area (Å²) in [6, 6.07) is 11.6. The summed E-state index contributed by atoms with van der Waals surface area (Å²) < 4.78 is 16.0. The molecule has 1 aliphatic heterocycles. The average molecular weight is 429 g/mol. The molecule has 1 atom stereocenters. The van der Waals surface area contributed by atoms with Crippen molar-refractivity contribution in [1.82, 2.24) is 9.80 Å². The van der Waals surface area contributed by atoms with E-state index in [2.05, 4.69) is 25.7 Å². The minimum Gasteiger partial charge on any atom is -0.491 e. The van der Waals surface area contributed by atoms with Crippen LogP contribution in [0.25, 0.3) is 10.8 Å². The molecule has 1 heterocycles. The van der Waals surface area contributed by atoms with Crippen LogP contribution in [0.15, 0.2) is 36.4 Å². The number of methoxy groups -OCH3 is 2. The molecule has 2 aromatic rings. The number of benzene rings is 2. The maximum absolute atomic E-state index is 12.3. The molecule has 31 heavy (non-hydrogen) atoms. The van der Waals surface area contributed by atoms with Gasteiger partial charge < -0.3 is 19.1 Å². The van der Waals surface area contributed by atoms with Gasteiger partial charge in [0.25, 0.3) is 0 Å². The van der Waals surface area contributed by atoms with Crippen molar-refractivity contribution >= 4 is 22.8 Å². The van der Waals surface area contributed by atoms with E-state index in [9.17, 15) is 9.59 Å². The molecule has 7 nitrogen and oxygen atoms in total. The molecule has 168 valence electrons. The van der Waals surface area contributed by atoms with Crippen LogP contribution in [0.2, 0.25) is 0 Å². The third kappa shape index (κ3) is 5.28. The summed E-state index contributed by atoms with van der Waals surface area (Å²) in [4.78, 5) is 28.5. The van der Waals surface area contributed by atoms with E-state index in [0.29, 0.717) is 31.0 Å². The largest absolute Gasteiger partial charge is 0.491 e. The van der Waals surface area contributed by atoms with Gasteiger partial charge in [0, 0.05) is 26.2 Å². The Bertz CT molecular complexity index is 937. The van der Waals surface area contributed by atoms with Crippen molar-refractivity contribution in [3.8, 4) is 5.75 Å². The first-order chi connectivity index (χ1) is 14.7. The molecule has 0 spiro atoms. The molecular formula is C24H32N2O5. The zero-order chi connectivity index (χ0) is 22.6. The minimum absolute atomic E-state index is 0.0417. The van der Waals surface area contributed by atoms with Crippen LogP contribution in [0.5, 0.6) is 5.75 Å². The van der Waals surface area contributed by atoms with Crippen molar-refractivity contribution in [3.05, 3.63) is 42.0 Å². The Labute approximate surface area is 183 Å². The number of carbonyl (C=O) groups is 2. The zero-order valence-electron chi connectivity index (χ0n) is 19.0. The number of amides is 1. The van der Waals surface area contributed by atoms with Crippen molar-refractivity contribution in [2.45, 2.75) is 26.8 Å².